The van der Waals surface area contributed by atoms with Crippen molar-refractivity contribution < 1.29 is 9.53 Å². The zero-order valence-electron chi connectivity index (χ0n) is 13.8. The third-order valence-corrected chi connectivity index (χ3v) is 3.80. The summed E-state index contributed by atoms with van der Waals surface area (Å²) in [6.07, 6.45) is 4.62. The lowest BCUT2D eigenvalue weighted by Crippen LogP contribution is -2.43. The van der Waals surface area contributed by atoms with Crippen LogP contribution < -0.4 is 5.32 Å². The summed E-state index contributed by atoms with van der Waals surface area (Å²) in [7, 11) is 1.45. The lowest BCUT2D eigenvalue weighted by Gasteiger charge is -2.27. The highest BCUT2D eigenvalue weighted by Crippen LogP contribution is 2.22. The highest BCUT2D eigenvalue weighted by molar-refractivity contribution is 5.76. The average molecular weight is 291 g/mol. The molecule has 0 spiro atoms. The molecule has 118 valence electrons. The summed E-state index contributed by atoms with van der Waals surface area (Å²) in [6, 6.07) is 10.3. The minimum absolute atomic E-state index is 0.179. The van der Waals surface area contributed by atoms with Crippen LogP contribution in [0.5, 0.6) is 0 Å². The summed E-state index contributed by atoms with van der Waals surface area (Å²) in [5.74, 6) is 0.0243. The molecule has 3 heteroatoms. The van der Waals surface area contributed by atoms with Gasteiger partial charge in [0.1, 0.15) is 6.04 Å². The molecule has 2 atom stereocenters. The molecule has 0 saturated heterocycles. The van der Waals surface area contributed by atoms with Gasteiger partial charge in [-0.15, -0.1) is 0 Å². The van der Waals surface area contributed by atoms with Crippen molar-refractivity contribution >= 4 is 5.97 Å². The van der Waals surface area contributed by atoms with Gasteiger partial charge in [-0.3, -0.25) is 10.1 Å². The Hall–Kier alpha value is -1.35. The van der Waals surface area contributed by atoms with E-state index in [-0.39, 0.29) is 24.0 Å². The van der Waals surface area contributed by atoms with Gasteiger partial charge >= 0.3 is 5.97 Å². The van der Waals surface area contributed by atoms with Gasteiger partial charge in [0, 0.05) is 6.04 Å². The highest BCUT2D eigenvalue weighted by atomic mass is 16.5. The molecule has 0 heterocycles. The zero-order chi connectivity index (χ0) is 15.7. The minimum Gasteiger partial charge on any atom is -0.468 e. The second kappa shape index (κ2) is 9.56. The topological polar surface area (TPSA) is 38.3 Å². The summed E-state index contributed by atoms with van der Waals surface area (Å²) in [5, 5.41) is 3.50. The molecule has 0 aromatic heterocycles. The van der Waals surface area contributed by atoms with Gasteiger partial charge in [-0.25, -0.2) is 0 Å². The standard InChI is InChI=1S/C18H29NO2/c1-5-6-8-13-16(15-11-9-7-10-12-15)19-17(14(2)3)18(20)21-4/h7,9-12,14,16-17,19H,5-6,8,13H2,1-4H3/t16?,17-/m0/s1. The molecule has 3 nitrogen and oxygen atoms in total. The molecular weight excluding hydrogens is 262 g/mol. The Morgan fingerprint density at radius 3 is 2.38 bits per heavy atom. The molecule has 1 aromatic carbocycles. The molecule has 0 bridgehead atoms. The molecule has 0 saturated carbocycles. The summed E-state index contributed by atoms with van der Waals surface area (Å²) in [6.45, 7) is 6.29. The predicted octanol–water partition coefficient (Wildman–Crippen LogP) is 4.10. The van der Waals surface area contributed by atoms with E-state index in [0.717, 1.165) is 12.8 Å². The molecule has 0 aliphatic rings. The van der Waals surface area contributed by atoms with Crippen molar-refractivity contribution in [3.05, 3.63) is 35.9 Å². The van der Waals surface area contributed by atoms with Gasteiger partial charge in [-0.2, -0.15) is 0 Å². The smallest absolute Gasteiger partial charge is 0.323 e. The van der Waals surface area contributed by atoms with Crippen molar-refractivity contribution in [1.29, 1.82) is 0 Å². The summed E-state index contributed by atoms with van der Waals surface area (Å²) >= 11 is 0. The van der Waals surface area contributed by atoms with Gasteiger partial charge in [-0.05, 0) is 17.9 Å². The van der Waals surface area contributed by atoms with Crippen LogP contribution >= 0.6 is 0 Å². The van der Waals surface area contributed by atoms with Crippen LogP contribution in [0.4, 0.5) is 0 Å². The summed E-state index contributed by atoms with van der Waals surface area (Å²) < 4.78 is 4.93. The van der Waals surface area contributed by atoms with Crippen molar-refractivity contribution in [3.8, 4) is 0 Å². The lowest BCUT2D eigenvalue weighted by atomic mass is 9.96. The van der Waals surface area contributed by atoms with E-state index >= 15 is 0 Å². The van der Waals surface area contributed by atoms with E-state index in [1.807, 2.05) is 32.0 Å². The van der Waals surface area contributed by atoms with Crippen LogP contribution in [-0.2, 0) is 9.53 Å². The number of ether oxygens (including phenoxy) is 1. The number of hydrogen-bond donors (Lipinski definition) is 1. The summed E-state index contributed by atoms with van der Waals surface area (Å²) in [5.41, 5.74) is 1.24. The first kappa shape index (κ1) is 17.7. The van der Waals surface area contributed by atoms with Crippen LogP contribution in [0.1, 0.15) is 58.1 Å². The number of unbranched alkanes of at least 4 members (excludes halogenated alkanes) is 2. The van der Waals surface area contributed by atoms with E-state index in [4.69, 9.17) is 4.74 Å². The Morgan fingerprint density at radius 2 is 1.86 bits per heavy atom. The first-order chi connectivity index (χ1) is 10.1. The Labute approximate surface area is 129 Å². The van der Waals surface area contributed by atoms with Gasteiger partial charge < -0.3 is 4.74 Å². The Bertz CT molecular complexity index is 403. The molecule has 0 fully saturated rings. The number of hydrogen-bond acceptors (Lipinski definition) is 3. The number of nitrogens with one attached hydrogen (secondary N) is 1. The van der Waals surface area contributed by atoms with Crippen molar-refractivity contribution in [1.82, 2.24) is 5.32 Å². The van der Waals surface area contributed by atoms with Gasteiger partial charge in [0.05, 0.1) is 7.11 Å². The number of methoxy groups -OCH3 is 1. The highest BCUT2D eigenvalue weighted by Gasteiger charge is 2.26. The average Bonchev–Trinajstić information content (AvgIpc) is 2.50. The number of benzene rings is 1. The van der Waals surface area contributed by atoms with E-state index in [2.05, 4.69) is 24.4 Å². The van der Waals surface area contributed by atoms with Crippen LogP contribution in [0, 0.1) is 5.92 Å². The maximum absolute atomic E-state index is 12.0. The van der Waals surface area contributed by atoms with E-state index in [1.54, 1.807) is 0 Å². The maximum Gasteiger partial charge on any atom is 0.323 e. The van der Waals surface area contributed by atoms with Crippen LogP contribution in [0.2, 0.25) is 0 Å². The summed E-state index contributed by atoms with van der Waals surface area (Å²) in [4.78, 5) is 12.0. The maximum atomic E-state index is 12.0. The fourth-order valence-electron chi connectivity index (χ4n) is 2.51. The Kier molecular flexibility index (Phi) is 8.06. The fraction of sp³-hybridized carbons (Fsp3) is 0.611. The first-order valence-corrected chi connectivity index (χ1v) is 7.99. The van der Waals surface area contributed by atoms with Crippen molar-refractivity contribution in [2.75, 3.05) is 7.11 Å². The number of rotatable bonds is 9. The van der Waals surface area contributed by atoms with Gasteiger partial charge in [-0.1, -0.05) is 70.4 Å². The predicted molar refractivity (Wildman–Crippen MR) is 87.1 cm³/mol. The van der Waals surface area contributed by atoms with E-state index < -0.39 is 0 Å². The quantitative estimate of drug-likeness (QED) is 0.550. The molecule has 0 amide bonds. The molecule has 0 aliphatic heterocycles. The molecule has 21 heavy (non-hydrogen) atoms. The zero-order valence-corrected chi connectivity index (χ0v) is 13.8. The van der Waals surface area contributed by atoms with Crippen LogP contribution in [0.3, 0.4) is 0 Å². The second-order valence-corrected chi connectivity index (χ2v) is 5.87. The van der Waals surface area contributed by atoms with E-state index in [1.165, 1.54) is 25.5 Å². The molecule has 0 aliphatic carbocycles. The monoisotopic (exact) mass is 291 g/mol. The minimum atomic E-state index is -0.262. The van der Waals surface area contributed by atoms with Gasteiger partial charge in [0.15, 0.2) is 0 Å². The van der Waals surface area contributed by atoms with Crippen LogP contribution in [0.25, 0.3) is 0 Å². The van der Waals surface area contributed by atoms with Crippen molar-refractivity contribution in [3.63, 3.8) is 0 Å². The third-order valence-electron chi connectivity index (χ3n) is 3.80. The van der Waals surface area contributed by atoms with Gasteiger partial charge in [0.25, 0.3) is 0 Å². The number of carbonyl (C=O) groups excluding carboxylic acids is 1. The Balaban J connectivity index is 2.82. The SMILES string of the molecule is CCCCCC(N[C@H](C(=O)OC)C(C)C)c1ccccc1. The molecule has 1 N–H and O–H groups in total. The number of carbonyl (C=O) groups is 1. The lowest BCUT2D eigenvalue weighted by molar-refractivity contribution is -0.144. The van der Waals surface area contributed by atoms with Crippen LogP contribution in [0.15, 0.2) is 30.3 Å². The van der Waals surface area contributed by atoms with Crippen LogP contribution in [-0.4, -0.2) is 19.1 Å². The third kappa shape index (κ3) is 5.88. The first-order valence-electron chi connectivity index (χ1n) is 7.99. The molecular formula is C18H29NO2. The normalized spacial score (nSPS) is 14.0. The van der Waals surface area contributed by atoms with Gasteiger partial charge in [0.2, 0.25) is 0 Å². The molecule has 1 aromatic rings. The Morgan fingerprint density at radius 1 is 1.19 bits per heavy atom. The van der Waals surface area contributed by atoms with E-state index in [0.29, 0.717) is 0 Å². The fourth-order valence-corrected chi connectivity index (χ4v) is 2.51. The number of esters is 1. The molecule has 0 radical (unpaired) electrons. The largest absolute Gasteiger partial charge is 0.468 e. The second-order valence-electron chi connectivity index (χ2n) is 5.87. The van der Waals surface area contributed by atoms with Crippen molar-refractivity contribution in [2.45, 2.75) is 58.5 Å². The van der Waals surface area contributed by atoms with Crippen molar-refractivity contribution in [2.24, 2.45) is 5.92 Å². The van der Waals surface area contributed by atoms with E-state index in [9.17, 15) is 4.79 Å². The molecule has 1 rings (SSSR count). The molecule has 1 unspecified atom stereocenters.